The van der Waals surface area contributed by atoms with Crippen LogP contribution in [0.3, 0.4) is 0 Å². The summed E-state index contributed by atoms with van der Waals surface area (Å²) in [5.74, 6) is 3.93. The van der Waals surface area contributed by atoms with E-state index in [1.54, 1.807) is 12.1 Å². The van der Waals surface area contributed by atoms with Gasteiger partial charge in [-0.25, -0.2) is 4.99 Å². The number of aliphatic hydroxyl groups excluding tert-OH is 1. The average molecular weight is 1370 g/mol. The minimum atomic E-state index is -4.75. The van der Waals surface area contributed by atoms with E-state index < -0.39 is 62.1 Å². The first-order valence-electron chi connectivity index (χ1n) is 37.4. The van der Waals surface area contributed by atoms with Crippen molar-refractivity contribution in [2.75, 3.05) is 13.7 Å². The lowest BCUT2D eigenvalue weighted by Gasteiger charge is -2.63. The third kappa shape index (κ3) is 10.6. The molecule has 16 bridgehead atoms. The van der Waals surface area contributed by atoms with Crippen molar-refractivity contribution in [3.63, 3.8) is 0 Å². The molecule has 0 spiro atoms. The number of hydrogen-bond donors (Lipinski definition) is 8. The summed E-state index contributed by atoms with van der Waals surface area (Å²) in [6.07, 6.45) is 19.2. The van der Waals surface area contributed by atoms with Gasteiger partial charge in [0.15, 0.2) is 5.96 Å². The number of nitrogens with zero attached hydrogens (tertiary/aromatic N) is 1. The summed E-state index contributed by atoms with van der Waals surface area (Å²) >= 11 is 0. The third-order valence-corrected chi connectivity index (χ3v) is 28.4. The Kier molecular flexibility index (Phi) is 15.9. The van der Waals surface area contributed by atoms with Gasteiger partial charge in [0.05, 0.1) is 17.0 Å². The van der Waals surface area contributed by atoms with E-state index in [0.29, 0.717) is 55.4 Å². The Bertz CT molecular complexity index is 4800. The Balaban J connectivity index is 0.783. The van der Waals surface area contributed by atoms with Crippen molar-refractivity contribution in [3.8, 4) is 23.3 Å². The maximum absolute atomic E-state index is 15.0. The van der Waals surface area contributed by atoms with Gasteiger partial charge >= 0.3 is 0 Å². The summed E-state index contributed by atoms with van der Waals surface area (Å²) in [6.45, 7) is 2.85. The maximum atomic E-state index is 15.0. The summed E-state index contributed by atoms with van der Waals surface area (Å²) in [4.78, 5) is 5.50. The van der Waals surface area contributed by atoms with Crippen LogP contribution in [0, 0.1) is 65.1 Å². The van der Waals surface area contributed by atoms with Crippen molar-refractivity contribution in [2.24, 2.45) is 69.7 Å². The van der Waals surface area contributed by atoms with Crippen LogP contribution < -0.4 is 21.5 Å². The van der Waals surface area contributed by atoms with Gasteiger partial charge in [-0.05, 0) is 246 Å². The molecule has 0 aromatic heterocycles. The summed E-state index contributed by atoms with van der Waals surface area (Å²) in [7, 11) is -2.73. The van der Waals surface area contributed by atoms with Crippen LogP contribution in [0.5, 0.6) is 11.5 Å². The zero-order valence-electron chi connectivity index (χ0n) is 57.6. The number of aryl methyl sites for hydroxylation is 2. The van der Waals surface area contributed by atoms with Crippen molar-refractivity contribution in [1.82, 2.24) is 5.32 Å². The standard InChI is InChI=1S/C87H92N4O9S/c1-48-14-15-54-40-64-24-27-66(54)71(48)45-79(101(96,97)98)72-42-60-38-59(41-65-34-50(47-92)10-6-11-52-39-63(93)23-26-70(52)83(60)99-65)80(72)51-16-21-62(22-17-51)87(100-64,91-84(88)89)77-44-57-20-30-75-67(28-31-74(57)86(75,95)76(77)35-49-8-4-3-5-9-49)53-19-29-73-56(36-53)18-25-69-61(46-90-2)37-58-12-7-13-68-55-32-33-85(73,94)78(43-55)82(69)81(58)68/h3-5,7-9,12-13,16-17,19-24,26-27,29-30,32-33,36-37,39-40,42,48,50,55,57,59,65,67,71-72,74-80,83,90,92-95H,10,14-15,18,25,28,31,34-35,38,41,43-47H2,1-2H3,(H4,88,89,91)(H,96,97,98). The fourth-order valence-corrected chi connectivity index (χ4v) is 23.9. The molecule has 14 heteroatoms. The molecule has 20 unspecified atom stereocenters. The Morgan fingerprint density at radius 3 is 2.43 bits per heavy atom. The number of phenols is 1. The van der Waals surface area contributed by atoms with Crippen LogP contribution in [-0.4, -0.2) is 70.0 Å². The van der Waals surface area contributed by atoms with Gasteiger partial charge in [0.25, 0.3) is 10.1 Å². The predicted molar refractivity (Wildman–Crippen MR) is 393 cm³/mol. The van der Waals surface area contributed by atoms with E-state index in [2.05, 4.69) is 158 Å². The Morgan fingerprint density at radius 2 is 1.61 bits per heavy atom. The number of fused-ring (bicyclic) bond motifs is 12. The van der Waals surface area contributed by atoms with Gasteiger partial charge in [-0.2, -0.15) is 8.42 Å². The molecule has 20 atom stereocenters. The second-order valence-corrected chi connectivity index (χ2v) is 33.9. The van der Waals surface area contributed by atoms with E-state index in [1.807, 2.05) is 25.2 Å². The number of ether oxygens (including phenoxy) is 2. The number of allylic oxidation sites excluding steroid dienone is 3. The van der Waals surface area contributed by atoms with Crippen molar-refractivity contribution in [2.45, 2.75) is 167 Å². The maximum Gasteiger partial charge on any atom is 0.268 e. The SMILES string of the molecule is CNCc1cc2cccc3c2c2c1CCc1cc(C4CCC5C6C=CC4C5(O)C(Cc4ccccc4)C(C4(N=C(N)N)Oc5ccc7c(c5)CCC(C)C7CC(S(=O)(=O)O)C5C=C7CC(CC8CC(CO)CC#Cc9cc(O)ccc9C7O8)C5c5ccc4cc5)C6)ccc1C1(O)C=CC3CC21. The molecule has 3 fully saturated rings. The molecule has 2 saturated carbocycles. The van der Waals surface area contributed by atoms with Gasteiger partial charge in [-0.15, -0.1) is 0 Å². The first kappa shape index (κ1) is 65.2. The second-order valence-electron chi connectivity index (χ2n) is 32.3. The molecule has 20 rings (SSSR count). The molecule has 8 aliphatic carbocycles. The zero-order chi connectivity index (χ0) is 69.0. The van der Waals surface area contributed by atoms with Gasteiger partial charge in [-0.3, -0.25) is 4.55 Å². The van der Waals surface area contributed by atoms with Crippen LogP contribution >= 0.6 is 0 Å². The number of aliphatic imine (C=N–C) groups is 1. The summed E-state index contributed by atoms with van der Waals surface area (Å²) < 4.78 is 56.7. The summed E-state index contributed by atoms with van der Waals surface area (Å²) in [5.41, 5.74) is 25.3. The highest BCUT2D eigenvalue weighted by Gasteiger charge is 2.67. The van der Waals surface area contributed by atoms with E-state index >= 15 is 5.11 Å². The molecule has 7 aromatic carbocycles. The Labute approximate surface area is 593 Å². The molecule has 0 amide bonds. The molecule has 13 aliphatic rings. The predicted octanol–water partition coefficient (Wildman–Crippen LogP) is 13.8. The number of hydrogen-bond acceptors (Lipinski definition) is 10. The number of benzene rings is 7. The highest BCUT2D eigenvalue weighted by Crippen LogP contribution is 2.66. The number of nitrogens with one attached hydrogen (secondary N) is 1. The number of nitrogens with two attached hydrogens (primary N) is 2. The molecule has 7 aromatic rings. The minimum Gasteiger partial charge on any atom is -0.508 e. The molecule has 10 N–H and O–H groups in total. The van der Waals surface area contributed by atoms with Gasteiger partial charge in [0.1, 0.15) is 23.2 Å². The van der Waals surface area contributed by atoms with E-state index in [4.69, 9.17) is 25.9 Å². The fourth-order valence-electron chi connectivity index (χ4n) is 22.8. The molecule has 0 radical (unpaired) electrons. The molecular weight excluding hydrogens is 1280 g/mol. The van der Waals surface area contributed by atoms with Gasteiger partial charge < -0.3 is 46.7 Å². The van der Waals surface area contributed by atoms with Crippen molar-refractivity contribution < 1.29 is 42.9 Å². The number of phenolic OH excluding ortho intramolecular Hbond substituents is 1. The first-order chi connectivity index (χ1) is 48.9. The third-order valence-electron chi connectivity index (χ3n) is 27.1. The number of guanidine groups is 1. The number of aromatic hydroxyl groups is 1. The van der Waals surface area contributed by atoms with Gasteiger partial charge in [0, 0.05) is 71.8 Å². The lowest BCUT2D eigenvalue weighted by Crippen LogP contribution is -2.67. The van der Waals surface area contributed by atoms with Crippen LogP contribution in [0.15, 0.2) is 174 Å². The Hall–Kier alpha value is -7.84. The molecule has 101 heavy (non-hydrogen) atoms. The highest BCUT2D eigenvalue weighted by atomic mass is 32.2. The average Bonchev–Trinajstić information content (AvgIpc) is 0.903. The van der Waals surface area contributed by atoms with Crippen LogP contribution in [0.25, 0.3) is 10.8 Å². The Morgan fingerprint density at radius 1 is 0.782 bits per heavy atom. The molecule has 1 saturated heterocycles. The second kappa shape index (κ2) is 24.7. The quantitative estimate of drug-likeness (QED) is 0.0222. The highest BCUT2D eigenvalue weighted by molar-refractivity contribution is 7.86. The van der Waals surface area contributed by atoms with Crippen molar-refractivity contribution in [3.05, 3.63) is 247 Å². The zero-order valence-corrected chi connectivity index (χ0v) is 58.4. The molecule has 13 nitrogen and oxygen atoms in total. The summed E-state index contributed by atoms with van der Waals surface area (Å²) in [6, 6.07) is 46.3. The lowest BCUT2D eigenvalue weighted by atomic mass is 9.44. The first-order valence-corrected chi connectivity index (χ1v) is 38.9. The van der Waals surface area contributed by atoms with E-state index in [-0.39, 0.29) is 90.0 Å². The molecule has 5 heterocycles. The van der Waals surface area contributed by atoms with Crippen molar-refractivity contribution >= 4 is 26.9 Å². The largest absolute Gasteiger partial charge is 0.508 e. The van der Waals surface area contributed by atoms with Crippen LogP contribution in [0.2, 0.25) is 0 Å². The normalized spacial score (nSPS) is 35.1. The lowest BCUT2D eigenvalue weighted by molar-refractivity contribution is -0.213. The van der Waals surface area contributed by atoms with E-state index in [1.165, 1.54) is 38.6 Å². The minimum absolute atomic E-state index is 0.0636. The van der Waals surface area contributed by atoms with Crippen LogP contribution in [0.4, 0.5) is 0 Å². The number of aliphatic hydroxyl groups is 3. The van der Waals surface area contributed by atoms with E-state index in [0.717, 1.165) is 96.0 Å². The van der Waals surface area contributed by atoms with Gasteiger partial charge in [-0.1, -0.05) is 152 Å². The smallest absolute Gasteiger partial charge is 0.268 e. The van der Waals surface area contributed by atoms with Crippen LogP contribution in [0.1, 0.15) is 185 Å². The summed E-state index contributed by atoms with van der Waals surface area (Å²) in [5, 5.41) is 55.1. The fraction of sp³-hybridized carbons (Fsp3) is 0.437. The van der Waals surface area contributed by atoms with Crippen molar-refractivity contribution in [1.29, 1.82) is 0 Å². The van der Waals surface area contributed by atoms with Crippen LogP contribution in [-0.2, 0) is 58.4 Å². The molecule has 5 aliphatic heterocycles. The molecular formula is C87H92N4O9S. The molecule has 520 valence electrons. The van der Waals surface area contributed by atoms with E-state index in [9.17, 15) is 28.3 Å². The van der Waals surface area contributed by atoms with Gasteiger partial charge in [0.2, 0.25) is 5.72 Å². The monoisotopic (exact) mass is 1370 g/mol. The number of rotatable bonds is 9. The topological polar surface area (TPSA) is 230 Å².